The number of hydrogen-bond donors (Lipinski definition) is 1. The second-order valence-corrected chi connectivity index (χ2v) is 5.52. The van der Waals surface area contributed by atoms with E-state index in [1.165, 1.54) is 11.3 Å². The van der Waals surface area contributed by atoms with Gasteiger partial charge in [-0.15, -0.1) is 0 Å². The van der Waals surface area contributed by atoms with Gasteiger partial charge in [-0.3, -0.25) is 5.10 Å². The Hall–Kier alpha value is -1.98. The molecule has 1 heterocycles. The van der Waals surface area contributed by atoms with Crippen molar-refractivity contribution in [2.75, 3.05) is 0 Å². The fraction of sp³-hybridized carbons (Fsp3) is 0. The van der Waals surface area contributed by atoms with E-state index in [0.29, 0.717) is 3.95 Å². The van der Waals surface area contributed by atoms with Crippen LogP contribution in [0.1, 0.15) is 0 Å². The zero-order valence-corrected chi connectivity index (χ0v) is 11.5. The van der Waals surface area contributed by atoms with Crippen LogP contribution >= 0.6 is 23.6 Å². The Balaban J connectivity index is 1.81. The van der Waals surface area contributed by atoms with Crippen molar-refractivity contribution in [1.29, 1.82) is 0 Å². The molecule has 0 bridgehead atoms. The Morgan fingerprint density at radius 1 is 0.947 bits per heavy atom. The normalized spacial score (nSPS) is 10.3. The highest BCUT2D eigenvalue weighted by Crippen LogP contribution is 2.26. The summed E-state index contributed by atoms with van der Waals surface area (Å²) in [6.07, 6.45) is 0. The summed E-state index contributed by atoms with van der Waals surface area (Å²) in [6, 6.07) is 17.5. The van der Waals surface area contributed by atoms with Gasteiger partial charge in [-0.2, -0.15) is 5.10 Å². The standard InChI is InChI=1S/C14H10N2OS2/c18-14-16-15-13(19-14)10-6-8-12(9-7-10)17-11-4-2-1-3-5-11/h1-9H,(H,16,18). The zero-order valence-electron chi connectivity index (χ0n) is 9.87. The molecule has 0 aliphatic heterocycles. The van der Waals surface area contributed by atoms with Gasteiger partial charge in [-0.25, -0.2) is 0 Å². The van der Waals surface area contributed by atoms with E-state index in [1.807, 2.05) is 54.6 Å². The number of hydrogen-bond acceptors (Lipinski definition) is 4. The fourth-order valence-electron chi connectivity index (χ4n) is 1.64. The van der Waals surface area contributed by atoms with E-state index in [0.717, 1.165) is 22.1 Å². The van der Waals surface area contributed by atoms with Gasteiger partial charge in [-0.1, -0.05) is 29.5 Å². The molecule has 0 aliphatic carbocycles. The van der Waals surface area contributed by atoms with Crippen LogP contribution in [-0.4, -0.2) is 10.2 Å². The zero-order chi connectivity index (χ0) is 13.1. The second kappa shape index (κ2) is 5.34. The Labute approximate surface area is 119 Å². The molecule has 94 valence electrons. The van der Waals surface area contributed by atoms with Crippen LogP contribution in [0.2, 0.25) is 0 Å². The molecule has 19 heavy (non-hydrogen) atoms. The van der Waals surface area contributed by atoms with E-state index < -0.39 is 0 Å². The molecule has 0 amide bonds. The van der Waals surface area contributed by atoms with Gasteiger partial charge in [0.2, 0.25) is 0 Å². The number of rotatable bonds is 3. The molecule has 1 aromatic heterocycles. The number of para-hydroxylation sites is 1. The van der Waals surface area contributed by atoms with Crippen molar-refractivity contribution in [3.8, 4) is 22.1 Å². The molecule has 3 aromatic rings. The van der Waals surface area contributed by atoms with Crippen molar-refractivity contribution in [2.24, 2.45) is 0 Å². The monoisotopic (exact) mass is 286 g/mol. The smallest absolute Gasteiger partial charge is 0.176 e. The molecule has 0 fully saturated rings. The lowest BCUT2D eigenvalue weighted by molar-refractivity contribution is 0.483. The Morgan fingerprint density at radius 3 is 2.26 bits per heavy atom. The minimum Gasteiger partial charge on any atom is -0.457 e. The summed E-state index contributed by atoms with van der Waals surface area (Å²) >= 11 is 6.48. The maximum atomic E-state index is 5.73. The molecule has 3 nitrogen and oxygen atoms in total. The average molecular weight is 286 g/mol. The first-order chi connectivity index (χ1) is 9.31. The summed E-state index contributed by atoms with van der Waals surface area (Å²) in [5.41, 5.74) is 1.03. The lowest BCUT2D eigenvalue weighted by Gasteiger charge is -2.05. The lowest BCUT2D eigenvalue weighted by atomic mass is 10.2. The number of nitrogens with one attached hydrogen (secondary N) is 1. The maximum absolute atomic E-state index is 5.73. The van der Waals surface area contributed by atoms with Crippen LogP contribution in [0.5, 0.6) is 11.5 Å². The molecule has 5 heteroatoms. The molecule has 1 N–H and O–H groups in total. The van der Waals surface area contributed by atoms with E-state index in [9.17, 15) is 0 Å². The van der Waals surface area contributed by atoms with Crippen LogP contribution in [0.3, 0.4) is 0 Å². The highest BCUT2D eigenvalue weighted by Gasteiger charge is 2.02. The molecular weight excluding hydrogens is 276 g/mol. The van der Waals surface area contributed by atoms with Crippen molar-refractivity contribution in [2.45, 2.75) is 0 Å². The maximum Gasteiger partial charge on any atom is 0.176 e. The van der Waals surface area contributed by atoms with Crippen LogP contribution < -0.4 is 4.74 Å². The number of nitrogens with zero attached hydrogens (tertiary/aromatic N) is 1. The molecule has 0 saturated heterocycles. The Kier molecular flexibility index (Phi) is 3.39. The van der Waals surface area contributed by atoms with E-state index in [1.54, 1.807) is 0 Å². The number of H-pyrrole nitrogens is 1. The third-order valence-electron chi connectivity index (χ3n) is 2.52. The van der Waals surface area contributed by atoms with Gasteiger partial charge in [0.25, 0.3) is 0 Å². The van der Waals surface area contributed by atoms with Crippen LogP contribution in [0.4, 0.5) is 0 Å². The van der Waals surface area contributed by atoms with Gasteiger partial charge in [-0.05, 0) is 48.6 Å². The van der Waals surface area contributed by atoms with Crippen molar-refractivity contribution < 1.29 is 4.74 Å². The van der Waals surface area contributed by atoms with Gasteiger partial charge in [0.1, 0.15) is 16.5 Å². The second-order valence-electron chi connectivity index (χ2n) is 3.86. The van der Waals surface area contributed by atoms with E-state index >= 15 is 0 Å². The first-order valence-electron chi connectivity index (χ1n) is 5.70. The molecule has 0 unspecified atom stereocenters. The van der Waals surface area contributed by atoms with Crippen LogP contribution in [0, 0.1) is 3.95 Å². The van der Waals surface area contributed by atoms with Crippen molar-refractivity contribution >= 4 is 23.6 Å². The number of benzene rings is 2. The first kappa shape index (κ1) is 12.1. The third kappa shape index (κ3) is 2.89. The molecule has 3 rings (SSSR count). The first-order valence-corrected chi connectivity index (χ1v) is 6.92. The van der Waals surface area contributed by atoms with Crippen LogP contribution in [-0.2, 0) is 0 Å². The minimum atomic E-state index is 0.680. The van der Waals surface area contributed by atoms with Gasteiger partial charge >= 0.3 is 0 Å². The molecular formula is C14H10N2OS2. The van der Waals surface area contributed by atoms with Crippen molar-refractivity contribution in [3.63, 3.8) is 0 Å². The lowest BCUT2D eigenvalue weighted by Crippen LogP contribution is -1.83. The summed E-state index contributed by atoms with van der Waals surface area (Å²) in [5.74, 6) is 1.62. The number of aromatic amines is 1. The Bertz CT molecular complexity index is 717. The van der Waals surface area contributed by atoms with E-state index in [2.05, 4.69) is 10.2 Å². The molecule has 0 saturated carbocycles. The SMILES string of the molecule is S=c1[nH]nc(-c2ccc(Oc3ccccc3)cc2)s1. The number of ether oxygens (including phenoxy) is 1. The highest BCUT2D eigenvalue weighted by atomic mass is 32.1. The van der Waals surface area contributed by atoms with E-state index in [4.69, 9.17) is 17.0 Å². The number of aromatic nitrogens is 2. The van der Waals surface area contributed by atoms with Crippen molar-refractivity contribution in [3.05, 3.63) is 58.6 Å². The Morgan fingerprint density at radius 2 is 1.63 bits per heavy atom. The molecule has 0 radical (unpaired) electrons. The topological polar surface area (TPSA) is 37.9 Å². The van der Waals surface area contributed by atoms with Gasteiger partial charge in [0, 0.05) is 5.56 Å². The summed E-state index contributed by atoms with van der Waals surface area (Å²) in [7, 11) is 0. The fourth-order valence-corrected chi connectivity index (χ4v) is 2.54. The highest BCUT2D eigenvalue weighted by molar-refractivity contribution is 7.73. The predicted molar refractivity (Wildman–Crippen MR) is 79.3 cm³/mol. The third-order valence-corrected chi connectivity index (χ3v) is 3.66. The largest absolute Gasteiger partial charge is 0.457 e. The summed E-state index contributed by atoms with van der Waals surface area (Å²) in [6.45, 7) is 0. The van der Waals surface area contributed by atoms with Gasteiger partial charge < -0.3 is 4.74 Å². The quantitative estimate of drug-likeness (QED) is 0.712. The molecule has 0 spiro atoms. The van der Waals surface area contributed by atoms with Crippen LogP contribution in [0.15, 0.2) is 54.6 Å². The average Bonchev–Trinajstić information content (AvgIpc) is 2.87. The van der Waals surface area contributed by atoms with Gasteiger partial charge in [0.15, 0.2) is 3.95 Å². The molecule has 0 atom stereocenters. The van der Waals surface area contributed by atoms with Gasteiger partial charge in [0.05, 0.1) is 0 Å². The van der Waals surface area contributed by atoms with Crippen molar-refractivity contribution in [1.82, 2.24) is 10.2 Å². The summed E-state index contributed by atoms with van der Waals surface area (Å²) in [5, 5.41) is 7.81. The van der Waals surface area contributed by atoms with Crippen LogP contribution in [0.25, 0.3) is 10.6 Å². The summed E-state index contributed by atoms with van der Waals surface area (Å²) < 4.78 is 6.41. The van der Waals surface area contributed by atoms with E-state index in [-0.39, 0.29) is 0 Å². The molecule has 0 aliphatic rings. The predicted octanol–water partition coefficient (Wildman–Crippen LogP) is 4.66. The molecule has 2 aromatic carbocycles. The minimum absolute atomic E-state index is 0.680. The summed E-state index contributed by atoms with van der Waals surface area (Å²) in [4.78, 5) is 0.